The summed E-state index contributed by atoms with van der Waals surface area (Å²) in [5, 5.41) is 6.88. The Morgan fingerprint density at radius 2 is 2.07 bits per heavy atom. The van der Waals surface area contributed by atoms with Gasteiger partial charge < -0.3 is 26.0 Å². The minimum atomic E-state index is -0.486. The smallest absolute Gasteiger partial charge is 0.255 e. The normalized spacial score (nSPS) is 15.8. The summed E-state index contributed by atoms with van der Waals surface area (Å²) in [5.74, 6) is 0.977. The van der Waals surface area contributed by atoms with Crippen molar-refractivity contribution in [2.24, 2.45) is 10.7 Å². The van der Waals surface area contributed by atoms with Crippen molar-refractivity contribution in [3.63, 3.8) is 0 Å². The van der Waals surface area contributed by atoms with Crippen molar-refractivity contribution < 1.29 is 9.53 Å². The Kier molecular flexibility index (Phi) is 11.2. The third-order valence-corrected chi connectivity index (χ3v) is 4.64. The van der Waals surface area contributed by atoms with Gasteiger partial charge in [-0.3, -0.25) is 4.79 Å². The molecule has 1 aromatic carbocycles. The van der Waals surface area contributed by atoms with Crippen LogP contribution in [0.5, 0.6) is 5.75 Å². The van der Waals surface area contributed by atoms with Crippen LogP contribution in [0.1, 0.15) is 39.2 Å². The van der Waals surface area contributed by atoms with Crippen LogP contribution in [0.15, 0.2) is 29.3 Å². The van der Waals surface area contributed by atoms with E-state index in [0.29, 0.717) is 24.4 Å². The Morgan fingerprint density at radius 3 is 2.68 bits per heavy atom. The molecule has 1 aliphatic heterocycles. The van der Waals surface area contributed by atoms with Gasteiger partial charge in [0.1, 0.15) is 5.75 Å². The van der Waals surface area contributed by atoms with Crippen LogP contribution < -0.4 is 21.1 Å². The lowest BCUT2D eigenvalue weighted by molar-refractivity contribution is -0.119. The standard InChI is InChI=1S/C20H33N5O2.HI/c1-4-22-20(24-17-8-10-25(11-9-17)15(2)3)23-13-16-6-5-7-18(12-16)27-14-19(21)26;/h5-7,12,15,17H,4,8-11,13-14H2,1-3H3,(H2,21,26)(H2,22,23,24);1H. The molecule has 2 rings (SSSR count). The Balaban J connectivity index is 0.00000392. The van der Waals surface area contributed by atoms with Gasteiger partial charge in [-0.1, -0.05) is 12.1 Å². The van der Waals surface area contributed by atoms with E-state index in [1.165, 1.54) is 0 Å². The average molecular weight is 503 g/mol. The van der Waals surface area contributed by atoms with Crippen molar-refractivity contribution in [3.05, 3.63) is 29.8 Å². The number of nitrogens with two attached hydrogens (primary N) is 1. The first-order valence-corrected chi connectivity index (χ1v) is 9.77. The quantitative estimate of drug-likeness (QED) is 0.287. The molecule has 0 unspecified atom stereocenters. The molecule has 0 aliphatic carbocycles. The van der Waals surface area contributed by atoms with Crippen LogP contribution in [0.2, 0.25) is 0 Å². The molecule has 0 radical (unpaired) electrons. The molecule has 0 saturated carbocycles. The predicted octanol–water partition coefficient (Wildman–Crippen LogP) is 2.10. The molecule has 1 amide bonds. The lowest BCUT2D eigenvalue weighted by atomic mass is 10.0. The second-order valence-electron chi connectivity index (χ2n) is 7.15. The molecule has 0 aromatic heterocycles. The number of benzene rings is 1. The summed E-state index contributed by atoms with van der Waals surface area (Å²) < 4.78 is 5.35. The van der Waals surface area contributed by atoms with E-state index in [1.54, 1.807) is 0 Å². The number of hydrogen-bond acceptors (Lipinski definition) is 4. The maximum atomic E-state index is 10.8. The van der Waals surface area contributed by atoms with E-state index in [1.807, 2.05) is 24.3 Å². The van der Waals surface area contributed by atoms with Gasteiger partial charge in [-0.15, -0.1) is 24.0 Å². The van der Waals surface area contributed by atoms with Gasteiger partial charge in [0, 0.05) is 31.7 Å². The van der Waals surface area contributed by atoms with Crippen LogP contribution in [-0.4, -0.2) is 55.1 Å². The Bertz CT molecular complexity index is 631. The van der Waals surface area contributed by atoms with Crippen molar-refractivity contribution in [3.8, 4) is 5.75 Å². The number of carbonyl (C=O) groups is 1. The van der Waals surface area contributed by atoms with E-state index in [2.05, 4.69) is 36.3 Å². The molecule has 1 aromatic rings. The Labute approximate surface area is 185 Å². The Hall–Kier alpha value is -1.55. The van der Waals surface area contributed by atoms with E-state index in [4.69, 9.17) is 15.5 Å². The summed E-state index contributed by atoms with van der Waals surface area (Å²) in [4.78, 5) is 18.1. The molecule has 1 heterocycles. The lowest BCUT2D eigenvalue weighted by Gasteiger charge is -2.35. The van der Waals surface area contributed by atoms with Gasteiger partial charge in [0.25, 0.3) is 5.91 Å². The predicted molar refractivity (Wildman–Crippen MR) is 124 cm³/mol. The topological polar surface area (TPSA) is 92.0 Å². The summed E-state index contributed by atoms with van der Waals surface area (Å²) in [6.07, 6.45) is 2.25. The molecular formula is C20H34IN5O2. The monoisotopic (exact) mass is 503 g/mol. The summed E-state index contributed by atoms with van der Waals surface area (Å²) in [7, 11) is 0. The van der Waals surface area contributed by atoms with E-state index in [0.717, 1.165) is 44.0 Å². The van der Waals surface area contributed by atoms with Crippen molar-refractivity contribution >= 4 is 35.8 Å². The molecule has 1 saturated heterocycles. The molecule has 0 atom stereocenters. The summed E-state index contributed by atoms with van der Waals surface area (Å²) >= 11 is 0. The number of nitrogens with one attached hydrogen (secondary N) is 2. The van der Waals surface area contributed by atoms with Gasteiger partial charge in [0.15, 0.2) is 12.6 Å². The first kappa shape index (κ1) is 24.5. The lowest BCUT2D eigenvalue weighted by Crippen LogP contribution is -2.49. The minimum absolute atomic E-state index is 0. The van der Waals surface area contributed by atoms with Gasteiger partial charge in [-0.2, -0.15) is 0 Å². The average Bonchev–Trinajstić information content (AvgIpc) is 2.65. The summed E-state index contributed by atoms with van der Waals surface area (Å²) in [6.45, 7) is 10.0. The minimum Gasteiger partial charge on any atom is -0.484 e. The number of primary amides is 1. The number of amides is 1. The molecule has 7 nitrogen and oxygen atoms in total. The zero-order chi connectivity index (χ0) is 19.6. The van der Waals surface area contributed by atoms with Gasteiger partial charge >= 0.3 is 0 Å². The first-order valence-electron chi connectivity index (χ1n) is 9.77. The second-order valence-corrected chi connectivity index (χ2v) is 7.15. The van der Waals surface area contributed by atoms with Crippen LogP contribution in [0.25, 0.3) is 0 Å². The maximum Gasteiger partial charge on any atom is 0.255 e. The molecule has 28 heavy (non-hydrogen) atoms. The number of halogens is 1. The third kappa shape index (κ3) is 8.64. The largest absolute Gasteiger partial charge is 0.484 e. The molecule has 8 heteroatoms. The number of rotatable bonds is 8. The van der Waals surface area contributed by atoms with Crippen molar-refractivity contribution in [1.29, 1.82) is 0 Å². The molecule has 1 aliphatic rings. The Morgan fingerprint density at radius 1 is 1.36 bits per heavy atom. The van der Waals surface area contributed by atoms with Crippen LogP contribution in [0, 0.1) is 0 Å². The number of piperidine rings is 1. The van der Waals surface area contributed by atoms with Gasteiger partial charge in [0.05, 0.1) is 6.54 Å². The number of nitrogens with zero attached hydrogens (tertiary/aromatic N) is 2. The summed E-state index contributed by atoms with van der Waals surface area (Å²) in [6, 6.07) is 8.63. The highest BCUT2D eigenvalue weighted by molar-refractivity contribution is 14.0. The van der Waals surface area contributed by atoms with E-state index in [9.17, 15) is 4.79 Å². The highest BCUT2D eigenvalue weighted by Crippen LogP contribution is 2.15. The molecule has 0 spiro atoms. The zero-order valence-electron chi connectivity index (χ0n) is 17.1. The fourth-order valence-corrected chi connectivity index (χ4v) is 3.13. The van der Waals surface area contributed by atoms with Crippen molar-refractivity contribution in [2.45, 2.75) is 52.2 Å². The van der Waals surface area contributed by atoms with Gasteiger partial charge in [-0.05, 0) is 51.3 Å². The number of guanidine groups is 1. The van der Waals surface area contributed by atoms with Gasteiger partial charge in [0.2, 0.25) is 0 Å². The SMILES string of the molecule is CCNC(=NCc1cccc(OCC(N)=O)c1)NC1CCN(C(C)C)CC1.I. The fourth-order valence-electron chi connectivity index (χ4n) is 3.13. The van der Waals surface area contributed by atoms with E-state index < -0.39 is 5.91 Å². The number of aliphatic imine (C=N–C) groups is 1. The second kappa shape index (κ2) is 12.8. The number of hydrogen-bond donors (Lipinski definition) is 3. The summed E-state index contributed by atoms with van der Waals surface area (Å²) in [5.41, 5.74) is 6.14. The van der Waals surface area contributed by atoms with Crippen LogP contribution in [0.4, 0.5) is 0 Å². The zero-order valence-corrected chi connectivity index (χ0v) is 19.4. The van der Waals surface area contributed by atoms with Gasteiger partial charge in [-0.25, -0.2) is 4.99 Å². The van der Waals surface area contributed by atoms with Crippen molar-refractivity contribution in [2.75, 3.05) is 26.2 Å². The molecule has 0 bridgehead atoms. The van der Waals surface area contributed by atoms with E-state index in [-0.39, 0.29) is 30.6 Å². The fraction of sp³-hybridized carbons (Fsp3) is 0.600. The molecule has 1 fully saturated rings. The first-order chi connectivity index (χ1) is 13.0. The third-order valence-electron chi connectivity index (χ3n) is 4.64. The maximum absolute atomic E-state index is 10.8. The van der Waals surface area contributed by atoms with Crippen LogP contribution >= 0.6 is 24.0 Å². The number of ether oxygens (including phenoxy) is 1. The highest BCUT2D eigenvalue weighted by atomic mass is 127. The highest BCUT2D eigenvalue weighted by Gasteiger charge is 2.21. The molecule has 158 valence electrons. The van der Waals surface area contributed by atoms with Crippen molar-refractivity contribution in [1.82, 2.24) is 15.5 Å². The van der Waals surface area contributed by atoms with E-state index >= 15 is 0 Å². The molecule has 4 N–H and O–H groups in total. The number of likely N-dealkylation sites (tertiary alicyclic amines) is 1. The van der Waals surface area contributed by atoms with Crippen LogP contribution in [0.3, 0.4) is 0 Å². The molecular weight excluding hydrogens is 469 g/mol. The number of carbonyl (C=O) groups excluding carboxylic acids is 1. The van der Waals surface area contributed by atoms with Crippen LogP contribution in [-0.2, 0) is 11.3 Å².